The van der Waals surface area contributed by atoms with Crippen molar-refractivity contribution in [2.45, 2.75) is 12.1 Å². The van der Waals surface area contributed by atoms with Crippen LogP contribution < -0.4 is 5.32 Å². The number of aliphatic hydroxyl groups is 3. The van der Waals surface area contributed by atoms with Crippen LogP contribution in [0.2, 0.25) is 0 Å². The first-order valence-corrected chi connectivity index (χ1v) is 6.14. The smallest absolute Gasteiger partial charge is 0.0884 e. The Morgan fingerprint density at radius 3 is 2.47 bits per heavy atom. The van der Waals surface area contributed by atoms with Crippen LogP contribution in [0, 0.1) is 0 Å². The standard InChI is InChI=1S/C14H18N2O3/c17-8-14(9-18,10-19)16-7-12-3-1-2-11-6-15-5-4-13(11)12/h1-6,16-19H,7-10H2. The molecule has 0 unspecified atom stereocenters. The zero-order valence-electron chi connectivity index (χ0n) is 10.6. The van der Waals surface area contributed by atoms with Crippen LogP contribution in [0.15, 0.2) is 36.7 Å². The van der Waals surface area contributed by atoms with E-state index in [0.29, 0.717) is 6.54 Å². The molecule has 1 aromatic carbocycles. The van der Waals surface area contributed by atoms with Crippen molar-refractivity contribution in [2.24, 2.45) is 0 Å². The number of hydrogen-bond acceptors (Lipinski definition) is 5. The first-order valence-electron chi connectivity index (χ1n) is 6.14. The largest absolute Gasteiger partial charge is 0.394 e. The summed E-state index contributed by atoms with van der Waals surface area (Å²) >= 11 is 0. The van der Waals surface area contributed by atoms with Crippen LogP contribution >= 0.6 is 0 Å². The molecule has 0 spiro atoms. The van der Waals surface area contributed by atoms with Crippen LogP contribution in [-0.4, -0.2) is 45.7 Å². The number of pyridine rings is 1. The molecule has 5 heteroatoms. The predicted octanol–water partition coefficient (Wildman–Crippen LogP) is 0.0401. The molecule has 0 amide bonds. The second-order valence-corrected chi connectivity index (χ2v) is 4.62. The number of rotatable bonds is 6. The fourth-order valence-electron chi connectivity index (χ4n) is 1.94. The number of fused-ring (bicyclic) bond motifs is 1. The third kappa shape index (κ3) is 2.90. The molecule has 0 saturated heterocycles. The van der Waals surface area contributed by atoms with Crippen molar-refractivity contribution < 1.29 is 15.3 Å². The summed E-state index contributed by atoms with van der Waals surface area (Å²) in [6.07, 6.45) is 3.51. The minimum Gasteiger partial charge on any atom is -0.394 e. The van der Waals surface area contributed by atoms with Gasteiger partial charge in [-0.1, -0.05) is 18.2 Å². The molecule has 0 aliphatic heterocycles. The molecule has 19 heavy (non-hydrogen) atoms. The molecule has 0 aliphatic carbocycles. The van der Waals surface area contributed by atoms with Gasteiger partial charge < -0.3 is 20.6 Å². The van der Waals surface area contributed by atoms with Crippen LogP contribution in [-0.2, 0) is 6.54 Å². The Kier molecular flexibility index (Phi) is 4.44. The van der Waals surface area contributed by atoms with Gasteiger partial charge in [-0.2, -0.15) is 0 Å². The Morgan fingerprint density at radius 1 is 1.05 bits per heavy atom. The third-order valence-corrected chi connectivity index (χ3v) is 3.33. The van der Waals surface area contributed by atoms with Gasteiger partial charge in [0, 0.05) is 24.3 Å². The quantitative estimate of drug-likeness (QED) is 0.590. The molecule has 0 radical (unpaired) electrons. The van der Waals surface area contributed by atoms with Crippen molar-refractivity contribution in [3.05, 3.63) is 42.2 Å². The first kappa shape index (κ1) is 13.9. The molecule has 0 aliphatic rings. The van der Waals surface area contributed by atoms with E-state index >= 15 is 0 Å². The summed E-state index contributed by atoms with van der Waals surface area (Å²) in [6.45, 7) is -0.534. The fourth-order valence-corrected chi connectivity index (χ4v) is 1.94. The highest BCUT2D eigenvalue weighted by atomic mass is 16.3. The molecule has 4 N–H and O–H groups in total. The SMILES string of the molecule is OCC(CO)(CO)NCc1cccc2cnccc12. The van der Waals surface area contributed by atoms with Crippen LogP contribution in [0.25, 0.3) is 10.8 Å². The number of nitrogens with one attached hydrogen (secondary N) is 1. The molecule has 0 fully saturated rings. The lowest BCUT2D eigenvalue weighted by Crippen LogP contribution is -2.54. The van der Waals surface area contributed by atoms with Crippen molar-refractivity contribution in [3.8, 4) is 0 Å². The van der Waals surface area contributed by atoms with E-state index in [2.05, 4.69) is 10.3 Å². The Labute approximate surface area is 111 Å². The molecule has 1 heterocycles. The van der Waals surface area contributed by atoms with E-state index in [4.69, 9.17) is 0 Å². The van der Waals surface area contributed by atoms with Crippen molar-refractivity contribution >= 4 is 10.8 Å². The summed E-state index contributed by atoms with van der Waals surface area (Å²) < 4.78 is 0. The number of aromatic nitrogens is 1. The van der Waals surface area contributed by atoms with Gasteiger partial charge in [-0.3, -0.25) is 4.98 Å². The van der Waals surface area contributed by atoms with Gasteiger partial charge in [0.1, 0.15) is 0 Å². The molecular formula is C14H18N2O3. The van der Waals surface area contributed by atoms with Gasteiger partial charge in [-0.05, 0) is 17.0 Å². The second kappa shape index (κ2) is 6.08. The van der Waals surface area contributed by atoms with Gasteiger partial charge in [-0.15, -0.1) is 0 Å². The molecule has 0 atom stereocenters. The first-order chi connectivity index (χ1) is 9.24. The Morgan fingerprint density at radius 2 is 1.79 bits per heavy atom. The molecule has 2 aromatic rings. The van der Waals surface area contributed by atoms with Crippen LogP contribution in [0.1, 0.15) is 5.56 Å². The second-order valence-electron chi connectivity index (χ2n) is 4.62. The van der Waals surface area contributed by atoms with E-state index in [9.17, 15) is 15.3 Å². The molecule has 0 bridgehead atoms. The van der Waals surface area contributed by atoms with E-state index in [1.165, 1.54) is 0 Å². The topological polar surface area (TPSA) is 85.6 Å². The van der Waals surface area contributed by atoms with Crippen LogP contribution in [0.4, 0.5) is 0 Å². The maximum absolute atomic E-state index is 9.28. The zero-order chi connectivity index (χ0) is 13.7. The van der Waals surface area contributed by atoms with Gasteiger partial charge in [0.15, 0.2) is 0 Å². The van der Waals surface area contributed by atoms with E-state index in [1.54, 1.807) is 12.4 Å². The normalized spacial score (nSPS) is 11.9. The summed E-state index contributed by atoms with van der Waals surface area (Å²) in [5, 5.41) is 32.9. The lowest BCUT2D eigenvalue weighted by atomic mass is 10.0. The molecule has 2 rings (SSSR count). The highest BCUT2D eigenvalue weighted by molar-refractivity contribution is 5.84. The van der Waals surface area contributed by atoms with E-state index in [-0.39, 0.29) is 19.8 Å². The maximum atomic E-state index is 9.28. The lowest BCUT2D eigenvalue weighted by Gasteiger charge is -2.29. The van der Waals surface area contributed by atoms with Crippen LogP contribution in [0.5, 0.6) is 0 Å². The van der Waals surface area contributed by atoms with Gasteiger partial charge in [0.2, 0.25) is 0 Å². The summed E-state index contributed by atoms with van der Waals surface area (Å²) in [7, 11) is 0. The van der Waals surface area contributed by atoms with E-state index < -0.39 is 5.54 Å². The summed E-state index contributed by atoms with van der Waals surface area (Å²) in [5.74, 6) is 0. The Bertz CT molecular complexity index is 527. The minimum atomic E-state index is -1.06. The molecule has 5 nitrogen and oxygen atoms in total. The van der Waals surface area contributed by atoms with Gasteiger partial charge >= 0.3 is 0 Å². The Hall–Kier alpha value is -1.53. The monoisotopic (exact) mass is 262 g/mol. The molecular weight excluding hydrogens is 244 g/mol. The highest BCUT2D eigenvalue weighted by Gasteiger charge is 2.27. The third-order valence-electron chi connectivity index (χ3n) is 3.33. The molecule has 1 aromatic heterocycles. The average Bonchev–Trinajstić information content (AvgIpc) is 2.49. The maximum Gasteiger partial charge on any atom is 0.0884 e. The van der Waals surface area contributed by atoms with Gasteiger partial charge in [0.25, 0.3) is 0 Å². The van der Waals surface area contributed by atoms with Gasteiger partial charge in [-0.25, -0.2) is 0 Å². The van der Waals surface area contributed by atoms with Crippen molar-refractivity contribution in [2.75, 3.05) is 19.8 Å². The van der Waals surface area contributed by atoms with E-state index in [1.807, 2.05) is 24.3 Å². The Balaban J connectivity index is 2.22. The molecule has 0 saturated carbocycles. The van der Waals surface area contributed by atoms with Crippen molar-refractivity contribution in [1.82, 2.24) is 10.3 Å². The van der Waals surface area contributed by atoms with E-state index in [0.717, 1.165) is 16.3 Å². The van der Waals surface area contributed by atoms with Crippen molar-refractivity contribution in [1.29, 1.82) is 0 Å². The fraction of sp³-hybridized carbons (Fsp3) is 0.357. The summed E-state index contributed by atoms with van der Waals surface area (Å²) in [5.41, 5.74) is -0.0329. The summed E-state index contributed by atoms with van der Waals surface area (Å²) in [4.78, 5) is 4.07. The number of benzene rings is 1. The highest BCUT2D eigenvalue weighted by Crippen LogP contribution is 2.18. The molecule has 102 valence electrons. The number of hydrogen-bond donors (Lipinski definition) is 4. The van der Waals surface area contributed by atoms with Gasteiger partial charge in [0.05, 0.1) is 25.4 Å². The van der Waals surface area contributed by atoms with Crippen molar-refractivity contribution in [3.63, 3.8) is 0 Å². The number of nitrogens with zero attached hydrogens (tertiary/aromatic N) is 1. The average molecular weight is 262 g/mol. The lowest BCUT2D eigenvalue weighted by molar-refractivity contribution is 0.0414. The number of aliphatic hydroxyl groups excluding tert-OH is 3. The summed E-state index contributed by atoms with van der Waals surface area (Å²) in [6, 6.07) is 7.79. The zero-order valence-corrected chi connectivity index (χ0v) is 10.6. The van der Waals surface area contributed by atoms with Crippen LogP contribution in [0.3, 0.4) is 0 Å². The minimum absolute atomic E-state index is 0.327. The predicted molar refractivity (Wildman–Crippen MR) is 72.6 cm³/mol.